The molecule has 19 heavy (non-hydrogen) atoms. The molecule has 0 aromatic heterocycles. The Balaban J connectivity index is 1.70. The molecule has 0 spiro atoms. The number of carbonyl (C=O) groups excluding carboxylic acids is 1. The number of hydrogen-bond acceptors (Lipinski definition) is 2. The summed E-state index contributed by atoms with van der Waals surface area (Å²) in [4.78, 5) is 11.8. The summed E-state index contributed by atoms with van der Waals surface area (Å²) in [6.07, 6.45) is 6.42. The minimum Gasteiger partial charge on any atom is -0.376 e. The van der Waals surface area contributed by atoms with Crippen LogP contribution in [-0.2, 0) is 4.79 Å². The Morgan fingerprint density at radius 3 is 2.53 bits per heavy atom. The van der Waals surface area contributed by atoms with Crippen LogP contribution in [0.1, 0.15) is 39.0 Å². The first-order valence-corrected chi connectivity index (χ1v) is 7.24. The van der Waals surface area contributed by atoms with E-state index in [2.05, 4.69) is 17.6 Å². The zero-order valence-corrected chi connectivity index (χ0v) is 11.7. The second-order valence-corrected chi connectivity index (χ2v) is 5.87. The van der Waals surface area contributed by atoms with Crippen LogP contribution >= 0.6 is 0 Å². The van der Waals surface area contributed by atoms with Crippen molar-refractivity contribution in [3.05, 3.63) is 30.3 Å². The predicted octanol–water partition coefficient (Wildman–Crippen LogP) is 3.19. The van der Waals surface area contributed by atoms with Gasteiger partial charge in [-0.15, -0.1) is 0 Å². The highest BCUT2D eigenvalue weighted by molar-refractivity contribution is 5.80. The maximum atomic E-state index is 11.8. The average Bonchev–Trinajstić information content (AvgIpc) is 2.45. The fraction of sp³-hybridized carbons (Fsp3) is 0.562. The van der Waals surface area contributed by atoms with Crippen molar-refractivity contribution in [2.45, 2.75) is 39.0 Å². The average molecular weight is 260 g/mol. The fourth-order valence-electron chi connectivity index (χ4n) is 2.69. The molecule has 1 aromatic carbocycles. The first kappa shape index (κ1) is 13.9. The van der Waals surface area contributed by atoms with Crippen LogP contribution < -0.4 is 10.6 Å². The highest BCUT2D eigenvalue weighted by Gasteiger charge is 2.26. The Labute approximate surface area is 115 Å². The van der Waals surface area contributed by atoms with Crippen LogP contribution in [-0.4, -0.2) is 19.0 Å². The first-order valence-electron chi connectivity index (χ1n) is 7.24. The second-order valence-electron chi connectivity index (χ2n) is 5.87. The molecule has 0 saturated heterocycles. The largest absolute Gasteiger partial charge is 0.376 e. The van der Waals surface area contributed by atoms with Gasteiger partial charge in [0.05, 0.1) is 6.54 Å². The SMILES string of the molecule is CC1(CNC(=O)CNc2ccccc2)CCCCC1. The van der Waals surface area contributed by atoms with Gasteiger partial charge in [0, 0.05) is 12.2 Å². The van der Waals surface area contributed by atoms with Crippen LogP contribution in [0, 0.1) is 5.41 Å². The van der Waals surface area contributed by atoms with Crippen molar-refractivity contribution >= 4 is 11.6 Å². The molecule has 0 heterocycles. The number of para-hydroxylation sites is 1. The fourth-order valence-corrected chi connectivity index (χ4v) is 2.69. The van der Waals surface area contributed by atoms with Gasteiger partial charge in [-0.25, -0.2) is 0 Å². The zero-order valence-electron chi connectivity index (χ0n) is 11.7. The van der Waals surface area contributed by atoms with E-state index in [1.54, 1.807) is 0 Å². The third-order valence-electron chi connectivity index (χ3n) is 4.00. The lowest BCUT2D eigenvalue weighted by Gasteiger charge is -2.33. The summed E-state index contributed by atoms with van der Waals surface area (Å²) in [6, 6.07) is 9.83. The highest BCUT2D eigenvalue weighted by atomic mass is 16.1. The summed E-state index contributed by atoms with van der Waals surface area (Å²) in [5.74, 6) is 0.0793. The molecule has 2 rings (SSSR count). The first-order chi connectivity index (χ1) is 9.18. The normalized spacial score (nSPS) is 17.7. The Morgan fingerprint density at radius 2 is 1.84 bits per heavy atom. The van der Waals surface area contributed by atoms with Gasteiger partial charge in [-0.2, -0.15) is 0 Å². The molecular formula is C16H24N2O. The Hall–Kier alpha value is -1.51. The molecule has 1 aromatic rings. The van der Waals surface area contributed by atoms with Gasteiger partial charge in [-0.05, 0) is 30.4 Å². The zero-order chi connectivity index (χ0) is 13.6. The van der Waals surface area contributed by atoms with Crippen molar-refractivity contribution in [3.63, 3.8) is 0 Å². The van der Waals surface area contributed by atoms with Gasteiger partial charge in [0.1, 0.15) is 0 Å². The molecule has 0 aliphatic heterocycles. The van der Waals surface area contributed by atoms with E-state index in [-0.39, 0.29) is 5.91 Å². The molecule has 1 aliphatic carbocycles. The molecular weight excluding hydrogens is 236 g/mol. The molecule has 1 saturated carbocycles. The van der Waals surface area contributed by atoms with E-state index in [0.717, 1.165) is 12.2 Å². The molecule has 1 aliphatic rings. The van der Waals surface area contributed by atoms with Gasteiger partial charge >= 0.3 is 0 Å². The van der Waals surface area contributed by atoms with E-state index in [9.17, 15) is 4.79 Å². The minimum absolute atomic E-state index is 0.0793. The summed E-state index contributed by atoms with van der Waals surface area (Å²) in [5, 5.41) is 6.19. The van der Waals surface area contributed by atoms with Gasteiger partial charge in [0.25, 0.3) is 0 Å². The van der Waals surface area contributed by atoms with Gasteiger partial charge in [0.15, 0.2) is 0 Å². The Bertz CT molecular complexity index is 396. The van der Waals surface area contributed by atoms with Crippen LogP contribution in [0.25, 0.3) is 0 Å². The molecule has 2 N–H and O–H groups in total. The smallest absolute Gasteiger partial charge is 0.239 e. The van der Waals surface area contributed by atoms with Gasteiger partial charge < -0.3 is 10.6 Å². The van der Waals surface area contributed by atoms with E-state index in [1.807, 2.05) is 30.3 Å². The van der Waals surface area contributed by atoms with Gasteiger partial charge in [-0.3, -0.25) is 4.79 Å². The molecule has 3 heteroatoms. The third kappa shape index (κ3) is 4.58. The van der Waals surface area contributed by atoms with Crippen molar-refractivity contribution in [2.24, 2.45) is 5.41 Å². The lowest BCUT2D eigenvalue weighted by atomic mass is 9.76. The molecule has 1 fully saturated rings. The van der Waals surface area contributed by atoms with Crippen LogP contribution in [0.15, 0.2) is 30.3 Å². The van der Waals surface area contributed by atoms with E-state index in [4.69, 9.17) is 0 Å². The Morgan fingerprint density at radius 1 is 1.16 bits per heavy atom. The van der Waals surface area contributed by atoms with Gasteiger partial charge in [-0.1, -0.05) is 44.4 Å². The summed E-state index contributed by atoms with van der Waals surface area (Å²) >= 11 is 0. The molecule has 0 unspecified atom stereocenters. The van der Waals surface area contributed by atoms with Crippen molar-refractivity contribution in [2.75, 3.05) is 18.4 Å². The van der Waals surface area contributed by atoms with Crippen LogP contribution in [0.3, 0.4) is 0 Å². The standard InChI is InChI=1S/C16H24N2O/c1-16(10-6-3-7-11-16)13-18-15(19)12-17-14-8-4-2-5-9-14/h2,4-5,8-9,17H,3,6-7,10-13H2,1H3,(H,18,19). The van der Waals surface area contributed by atoms with E-state index >= 15 is 0 Å². The molecule has 0 bridgehead atoms. The van der Waals surface area contributed by atoms with Crippen LogP contribution in [0.2, 0.25) is 0 Å². The highest BCUT2D eigenvalue weighted by Crippen LogP contribution is 2.34. The summed E-state index contributed by atoms with van der Waals surface area (Å²) in [6.45, 7) is 3.44. The molecule has 0 radical (unpaired) electrons. The maximum absolute atomic E-state index is 11.8. The lowest BCUT2D eigenvalue weighted by molar-refractivity contribution is -0.120. The number of anilines is 1. The topological polar surface area (TPSA) is 41.1 Å². The van der Waals surface area contributed by atoms with Crippen molar-refractivity contribution in [3.8, 4) is 0 Å². The lowest BCUT2D eigenvalue weighted by Crippen LogP contribution is -2.39. The Kier molecular flexibility index (Phi) is 4.83. The molecule has 0 atom stereocenters. The molecule has 104 valence electrons. The van der Waals surface area contributed by atoms with Crippen molar-refractivity contribution in [1.82, 2.24) is 5.32 Å². The summed E-state index contributed by atoms with van der Waals surface area (Å²) < 4.78 is 0. The summed E-state index contributed by atoms with van der Waals surface area (Å²) in [5.41, 5.74) is 1.29. The third-order valence-corrected chi connectivity index (χ3v) is 4.00. The number of hydrogen-bond donors (Lipinski definition) is 2. The van der Waals surface area contributed by atoms with Crippen LogP contribution in [0.5, 0.6) is 0 Å². The molecule has 3 nitrogen and oxygen atoms in total. The predicted molar refractivity (Wildman–Crippen MR) is 79.1 cm³/mol. The number of benzene rings is 1. The molecule has 1 amide bonds. The number of amides is 1. The van der Waals surface area contributed by atoms with Crippen LogP contribution in [0.4, 0.5) is 5.69 Å². The van der Waals surface area contributed by atoms with E-state index in [0.29, 0.717) is 12.0 Å². The number of nitrogens with one attached hydrogen (secondary N) is 2. The second kappa shape index (κ2) is 6.60. The van der Waals surface area contributed by atoms with E-state index < -0.39 is 0 Å². The number of carbonyl (C=O) groups is 1. The number of rotatable bonds is 5. The summed E-state index contributed by atoms with van der Waals surface area (Å²) in [7, 11) is 0. The van der Waals surface area contributed by atoms with Crippen molar-refractivity contribution in [1.29, 1.82) is 0 Å². The monoisotopic (exact) mass is 260 g/mol. The van der Waals surface area contributed by atoms with Crippen molar-refractivity contribution < 1.29 is 4.79 Å². The maximum Gasteiger partial charge on any atom is 0.239 e. The van der Waals surface area contributed by atoms with E-state index in [1.165, 1.54) is 32.1 Å². The minimum atomic E-state index is 0.0793. The van der Waals surface area contributed by atoms with Gasteiger partial charge in [0.2, 0.25) is 5.91 Å². The quantitative estimate of drug-likeness (QED) is 0.853.